The Kier molecular flexibility index (Phi) is 4.18. The molecular weight excluding hydrogens is 278 g/mol. The average Bonchev–Trinajstić information content (AvgIpc) is 2.41. The summed E-state index contributed by atoms with van der Waals surface area (Å²) in [6, 6.07) is 7.31. The van der Waals surface area contributed by atoms with Gasteiger partial charge in [-0.3, -0.25) is 4.79 Å². The van der Waals surface area contributed by atoms with Crippen LogP contribution in [-0.4, -0.2) is 17.0 Å². The highest BCUT2D eigenvalue weighted by Crippen LogP contribution is 2.45. The number of benzene rings is 1. The number of hydrogen-bond acceptors (Lipinski definition) is 3. The number of carbonyl (C=O) groups excluding carboxylic acids is 1. The first-order valence-electron chi connectivity index (χ1n) is 6.49. The van der Waals surface area contributed by atoms with Crippen LogP contribution in [0.4, 0.5) is 0 Å². The summed E-state index contributed by atoms with van der Waals surface area (Å²) in [6.07, 6.45) is 1.19. The number of rotatable bonds is 4. The molecule has 0 spiro atoms. The van der Waals surface area contributed by atoms with Crippen molar-refractivity contribution < 1.29 is 10.0 Å². The summed E-state index contributed by atoms with van der Waals surface area (Å²) in [5.41, 5.74) is 5.65. The summed E-state index contributed by atoms with van der Waals surface area (Å²) in [7, 11) is 0. The van der Waals surface area contributed by atoms with E-state index in [0.29, 0.717) is 30.3 Å². The highest BCUT2D eigenvalue weighted by atomic mass is 35.5. The van der Waals surface area contributed by atoms with Gasteiger partial charge in [0.05, 0.1) is 0 Å². The molecule has 0 bridgehead atoms. The second-order valence-corrected chi connectivity index (χ2v) is 5.76. The van der Waals surface area contributed by atoms with Gasteiger partial charge in [-0.25, -0.2) is 0 Å². The lowest BCUT2D eigenvalue weighted by molar-refractivity contribution is -0.133. The maximum absolute atomic E-state index is 12.4. The van der Waals surface area contributed by atoms with Crippen LogP contribution in [-0.2, 0) is 11.3 Å². The molecule has 1 saturated carbocycles. The fraction of sp³-hybridized carbons (Fsp3) is 0.429. The lowest BCUT2D eigenvalue weighted by atomic mass is 9.61. The molecule has 1 fully saturated rings. The third kappa shape index (κ3) is 2.58. The van der Waals surface area contributed by atoms with Crippen LogP contribution in [0, 0.1) is 11.3 Å². The fourth-order valence-corrected chi connectivity index (χ4v) is 2.93. The van der Waals surface area contributed by atoms with Crippen molar-refractivity contribution in [1.82, 2.24) is 5.32 Å². The molecule has 1 aromatic carbocycles. The molecule has 1 aliphatic carbocycles. The molecule has 4 N–H and O–H groups in total. The molecule has 1 aromatic rings. The van der Waals surface area contributed by atoms with Gasteiger partial charge in [-0.15, -0.1) is 0 Å². The van der Waals surface area contributed by atoms with E-state index in [9.17, 15) is 4.79 Å². The normalized spacial score (nSPS) is 25.9. The van der Waals surface area contributed by atoms with Crippen molar-refractivity contribution in [2.45, 2.75) is 26.3 Å². The van der Waals surface area contributed by atoms with Crippen LogP contribution < -0.4 is 11.1 Å². The molecule has 108 valence electrons. The van der Waals surface area contributed by atoms with E-state index >= 15 is 0 Å². The third-order valence-corrected chi connectivity index (χ3v) is 4.19. The van der Waals surface area contributed by atoms with Gasteiger partial charge in [0.15, 0.2) is 5.84 Å². The Balaban J connectivity index is 2.06. The van der Waals surface area contributed by atoms with Gasteiger partial charge < -0.3 is 16.3 Å². The van der Waals surface area contributed by atoms with Gasteiger partial charge in [-0.05, 0) is 30.4 Å². The Morgan fingerprint density at radius 2 is 2.20 bits per heavy atom. The van der Waals surface area contributed by atoms with Crippen LogP contribution in [0.3, 0.4) is 0 Å². The van der Waals surface area contributed by atoms with E-state index in [1.165, 1.54) is 0 Å². The number of carbonyl (C=O) groups is 1. The molecule has 1 aliphatic rings. The highest BCUT2D eigenvalue weighted by Gasteiger charge is 2.52. The second kappa shape index (κ2) is 5.71. The first-order chi connectivity index (χ1) is 9.49. The summed E-state index contributed by atoms with van der Waals surface area (Å²) in [6.45, 7) is 2.36. The lowest BCUT2D eigenvalue weighted by Gasteiger charge is -2.43. The van der Waals surface area contributed by atoms with Crippen LogP contribution in [0.25, 0.3) is 0 Å². The highest BCUT2D eigenvalue weighted by molar-refractivity contribution is 6.31. The number of nitrogens with two attached hydrogens (primary N) is 1. The Morgan fingerprint density at radius 3 is 2.75 bits per heavy atom. The first kappa shape index (κ1) is 14.7. The monoisotopic (exact) mass is 295 g/mol. The van der Waals surface area contributed by atoms with Crippen molar-refractivity contribution in [1.29, 1.82) is 0 Å². The van der Waals surface area contributed by atoms with E-state index in [2.05, 4.69) is 10.5 Å². The van der Waals surface area contributed by atoms with Crippen LogP contribution in [0.15, 0.2) is 29.4 Å². The van der Waals surface area contributed by atoms with Gasteiger partial charge in [-0.2, -0.15) is 0 Å². The molecule has 20 heavy (non-hydrogen) atoms. The molecule has 0 aliphatic heterocycles. The topological polar surface area (TPSA) is 87.7 Å². The molecule has 1 amide bonds. The SMILES string of the molecule is CC1CC(C(=O)NCc2ccccc2Cl)(/C(N)=N/O)C1. The number of halogens is 1. The molecule has 0 heterocycles. The Bertz CT molecular complexity index is 539. The van der Waals surface area contributed by atoms with Crippen LogP contribution in [0.5, 0.6) is 0 Å². The van der Waals surface area contributed by atoms with Gasteiger partial charge in [0.1, 0.15) is 5.41 Å². The maximum atomic E-state index is 12.4. The largest absolute Gasteiger partial charge is 0.409 e. The van der Waals surface area contributed by atoms with E-state index in [4.69, 9.17) is 22.5 Å². The summed E-state index contributed by atoms with van der Waals surface area (Å²) in [4.78, 5) is 12.4. The number of hydrogen-bond donors (Lipinski definition) is 3. The Morgan fingerprint density at radius 1 is 1.55 bits per heavy atom. The van der Waals surface area contributed by atoms with E-state index in [1.807, 2.05) is 25.1 Å². The van der Waals surface area contributed by atoms with Crippen molar-refractivity contribution in [2.75, 3.05) is 0 Å². The van der Waals surface area contributed by atoms with E-state index in [1.54, 1.807) is 6.07 Å². The van der Waals surface area contributed by atoms with Crippen molar-refractivity contribution in [3.8, 4) is 0 Å². The smallest absolute Gasteiger partial charge is 0.234 e. The molecule has 0 atom stereocenters. The zero-order chi connectivity index (χ0) is 14.8. The van der Waals surface area contributed by atoms with E-state index in [0.717, 1.165) is 5.56 Å². The minimum atomic E-state index is -0.880. The summed E-state index contributed by atoms with van der Waals surface area (Å²) in [5, 5.41) is 15.3. The van der Waals surface area contributed by atoms with Gasteiger partial charge in [-0.1, -0.05) is 41.9 Å². The Labute approximate surface area is 122 Å². The predicted molar refractivity (Wildman–Crippen MR) is 77.5 cm³/mol. The standard InChI is InChI=1S/C14H18ClN3O2/c1-9-6-14(7-9,12(16)18-20)13(19)17-8-10-4-2-3-5-11(10)15/h2-5,9,20H,6-8H2,1H3,(H2,16,18)(H,17,19). The summed E-state index contributed by atoms with van der Waals surface area (Å²) < 4.78 is 0. The number of oxime groups is 1. The first-order valence-corrected chi connectivity index (χ1v) is 6.87. The average molecular weight is 296 g/mol. The van der Waals surface area contributed by atoms with E-state index < -0.39 is 5.41 Å². The van der Waals surface area contributed by atoms with Crippen molar-refractivity contribution >= 4 is 23.3 Å². The third-order valence-electron chi connectivity index (χ3n) is 3.82. The Hall–Kier alpha value is -1.75. The van der Waals surface area contributed by atoms with Gasteiger partial charge in [0.2, 0.25) is 5.91 Å². The van der Waals surface area contributed by atoms with Crippen molar-refractivity contribution in [3.63, 3.8) is 0 Å². The van der Waals surface area contributed by atoms with Crippen molar-refractivity contribution in [3.05, 3.63) is 34.9 Å². The summed E-state index contributed by atoms with van der Waals surface area (Å²) >= 11 is 6.04. The predicted octanol–water partition coefficient (Wildman–Crippen LogP) is 2.12. The molecule has 6 heteroatoms. The van der Waals surface area contributed by atoms with Crippen molar-refractivity contribution in [2.24, 2.45) is 22.2 Å². The maximum Gasteiger partial charge on any atom is 0.234 e. The van der Waals surface area contributed by atoms with E-state index in [-0.39, 0.29) is 11.7 Å². The number of amidine groups is 1. The molecule has 0 aromatic heterocycles. The molecule has 2 rings (SSSR count). The number of amides is 1. The van der Waals surface area contributed by atoms with Crippen LogP contribution in [0.2, 0.25) is 5.02 Å². The second-order valence-electron chi connectivity index (χ2n) is 5.35. The molecule has 5 nitrogen and oxygen atoms in total. The molecule has 0 unspecified atom stereocenters. The lowest BCUT2D eigenvalue weighted by Crippen LogP contribution is -2.56. The zero-order valence-electron chi connectivity index (χ0n) is 11.3. The summed E-state index contributed by atoms with van der Waals surface area (Å²) in [5.74, 6) is 0.152. The zero-order valence-corrected chi connectivity index (χ0v) is 12.0. The minimum Gasteiger partial charge on any atom is -0.409 e. The van der Waals surface area contributed by atoms with Crippen LogP contribution >= 0.6 is 11.6 Å². The van der Waals surface area contributed by atoms with Gasteiger partial charge in [0.25, 0.3) is 0 Å². The molecule has 0 radical (unpaired) electrons. The minimum absolute atomic E-state index is 0.0211. The van der Waals surface area contributed by atoms with Gasteiger partial charge >= 0.3 is 0 Å². The quantitative estimate of drug-likeness (QED) is 0.344. The van der Waals surface area contributed by atoms with Crippen LogP contribution in [0.1, 0.15) is 25.3 Å². The molecular formula is C14H18ClN3O2. The number of nitrogens with zero attached hydrogens (tertiary/aromatic N) is 1. The number of nitrogens with one attached hydrogen (secondary N) is 1. The molecule has 0 saturated heterocycles. The fourth-order valence-electron chi connectivity index (χ4n) is 2.72. The van der Waals surface area contributed by atoms with Gasteiger partial charge in [0, 0.05) is 11.6 Å².